The number of hydrogen-bond donors (Lipinski definition) is 1. The summed E-state index contributed by atoms with van der Waals surface area (Å²) in [5.41, 5.74) is 6.31. The van der Waals surface area contributed by atoms with Crippen LogP contribution in [-0.2, 0) is 20.7 Å². The van der Waals surface area contributed by atoms with Crippen LogP contribution in [0.2, 0.25) is 0 Å². The lowest BCUT2D eigenvalue weighted by Gasteiger charge is -2.20. The molecule has 0 aliphatic rings. The van der Waals surface area contributed by atoms with E-state index in [-0.39, 0.29) is 25.4 Å². The summed E-state index contributed by atoms with van der Waals surface area (Å²) in [4.78, 5) is 30.6. The zero-order valence-electron chi connectivity index (χ0n) is 24.6. The predicted molar refractivity (Wildman–Crippen MR) is 158 cm³/mol. The Kier molecular flexibility index (Phi) is 9.60. The first-order valence-corrected chi connectivity index (χ1v) is 13.9. The van der Waals surface area contributed by atoms with Crippen molar-refractivity contribution in [2.24, 2.45) is 0 Å². The highest BCUT2D eigenvalue weighted by Gasteiger charge is 2.22. The molecule has 2 aromatic heterocycles. The molecule has 41 heavy (non-hydrogen) atoms. The van der Waals surface area contributed by atoms with Gasteiger partial charge in [0.25, 0.3) is 0 Å². The van der Waals surface area contributed by atoms with Crippen LogP contribution in [0.5, 0.6) is 11.5 Å². The third-order valence-electron chi connectivity index (χ3n) is 7.08. The largest absolute Gasteiger partial charge is 0.493 e. The lowest BCUT2D eigenvalue weighted by molar-refractivity contribution is -0.143. The van der Waals surface area contributed by atoms with E-state index in [0.717, 1.165) is 44.8 Å². The second-order valence-electron chi connectivity index (χ2n) is 9.80. The van der Waals surface area contributed by atoms with Gasteiger partial charge in [0.1, 0.15) is 0 Å². The van der Waals surface area contributed by atoms with Gasteiger partial charge in [0.15, 0.2) is 17.1 Å². The van der Waals surface area contributed by atoms with Gasteiger partial charge in [0.05, 0.1) is 44.2 Å². The molecule has 4 rings (SSSR count). The molecule has 0 saturated heterocycles. The number of nitrogens with one attached hydrogen (secondary N) is 1. The first-order valence-electron chi connectivity index (χ1n) is 13.9. The molecule has 0 bridgehead atoms. The van der Waals surface area contributed by atoms with E-state index >= 15 is 0 Å². The number of pyridine rings is 1. The van der Waals surface area contributed by atoms with Gasteiger partial charge in [0, 0.05) is 17.5 Å². The van der Waals surface area contributed by atoms with E-state index in [1.807, 2.05) is 61.9 Å². The van der Waals surface area contributed by atoms with Gasteiger partial charge in [0.2, 0.25) is 5.91 Å². The Morgan fingerprint density at radius 1 is 0.976 bits per heavy atom. The Bertz CT molecular complexity index is 1530. The number of aromatic nitrogens is 3. The van der Waals surface area contributed by atoms with Gasteiger partial charge in [-0.1, -0.05) is 24.3 Å². The van der Waals surface area contributed by atoms with Gasteiger partial charge in [-0.3, -0.25) is 9.59 Å². The van der Waals surface area contributed by atoms with Crippen molar-refractivity contribution in [1.82, 2.24) is 20.1 Å². The highest BCUT2D eigenvalue weighted by Crippen LogP contribution is 2.32. The Morgan fingerprint density at radius 3 is 2.41 bits per heavy atom. The van der Waals surface area contributed by atoms with Gasteiger partial charge >= 0.3 is 5.97 Å². The normalized spacial score (nSPS) is 11.8. The molecule has 0 saturated carbocycles. The lowest BCUT2D eigenvalue weighted by atomic mass is 9.98. The van der Waals surface area contributed by atoms with Crippen molar-refractivity contribution in [3.8, 4) is 17.2 Å². The summed E-state index contributed by atoms with van der Waals surface area (Å²) >= 11 is 0. The maximum atomic E-state index is 13.2. The number of rotatable bonds is 12. The summed E-state index contributed by atoms with van der Waals surface area (Å²) in [7, 11) is 1.56. The number of esters is 1. The summed E-state index contributed by atoms with van der Waals surface area (Å²) in [6.45, 7) is 10.4. The van der Waals surface area contributed by atoms with Crippen LogP contribution in [0.25, 0.3) is 16.7 Å². The smallest absolute Gasteiger partial charge is 0.308 e. The van der Waals surface area contributed by atoms with Crippen LogP contribution < -0.4 is 14.8 Å². The van der Waals surface area contributed by atoms with Crippen molar-refractivity contribution in [3.05, 3.63) is 76.6 Å². The zero-order valence-corrected chi connectivity index (χ0v) is 24.6. The number of benzene rings is 2. The molecule has 0 unspecified atom stereocenters. The second kappa shape index (κ2) is 13.3. The van der Waals surface area contributed by atoms with Gasteiger partial charge in [-0.05, 0) is 82.0 Å². The average Bonchev–Trinajstić information content (AvgIpc) is 3.29. The highest BCUT2D eigenvalue weighted by atomic mass is 16.5. The molecule has 9 heteroatoms. The quantitative estimate of drug-likeness (QED) is 0.229. The van der Waals surface area contributed by atoms with E-state index in [1.165, 1.54) is 0 Å². The second-order valence-corrected chi connectivity index (χ2v) is 9.80. The lowest BCUT2D eigenvalue weighted by Crippen LogP contribution is -2.31. The minimum absolute atomic E-state index is 0.000150. The summed E-state index contributed by atoms with van der Waals surface area (Å²) < 4.78 is 18.2. The summed E-state index contributed by atoms with van der Waals surface area (Å²) in [6.07, 6.45) is 0.732. The summed E-state index contributed by atoms with van der Waals surface area (Å²) in [5, 5.41) is 8.79. The Morgan fingerprint density at radius 2 is 1.73 bits per heavy atom. The first-order chi connectivity index (χ1) is 19.8. The van der Waals surface area contributed by atoms with Crippen LogP contribution in [0.3, 0.4) is 0 Å². The molecule has 0 spiro atoms. The minimum atomic E-state index is -0.583. The van der Waals surface area contributed by atoms with Gasteiger partial charge in [-0.2, -0.15) is 5.10 Å². The van der Waals surface area contributed by atoms with Crippen molar-refractivity contribution >= 4 is 22.9 Å². The number of carbonyl (C=O) groups is 2. The molecule has 1 amide bonds. The molecule has 1 N–H and O–H groups in total. The van der Waals surface area contributed by atoms with Gasteiger partial charge in [-0.15, -0.1) is 0 Å². The summed E-state index contributed by atoms with van der Waals surface area (Å²) in [5.74, 6) is 0.560. The van der Waals surface area contributed by atoms with E-state index in [2.05, 4.69) is 12.2 Å². The topological polar surface area (TPSA) is 105 Å². The van der Waals surface area contributed by atoms with Crippen molar-refractivity contribution in [3.63, 3.8) is 0 Å². The molecule has 9 nitrogen and oxygen atoms in total. The number of carbonyl (C=O) groups excluding carboxylic acids is 2. The number of methoxy groups -OCH3 is 1. The average molecular weight is 559 g/mol. The third kappa shape index (κ3) is 6.67. The molecule has 4 aromatic rings. The van der Waals surface area contributed by atoms with E-state index in [9.17, 15) is 9.59 Å². The monoisotopic (exact) mass is 558 g/mol. The molecule has 0 aliphatic carbocycles. The van der Waals surface area contributed by atoms with Crippen LogP contribution in [0, 0.1) is 20.8 Å². The fourth-order valence-electron chi connectivity index (χ4n) is 5.14. The highest BCUT2D eigenvalue weighted by molar-refractivity contribution is 5.85. The molecule has 2 heterocycles. The number of para-hydroxylation sites is 1. The van der Waals surface area contributed by atoms with Crippen LogP contribution in [-0.4, -0.2) is 47.0 Å². The first kappa shape index (κ1) is 29.6. The number of aryl methyl sites for hydroxylation is 3. The van der Waals surface area contributed by atoms with Gasteiger partial charge in [-0.25, -0.2) is 9.67 Å². The van der Waals surface area contributed by atoms with E-state index in [0.29, 0.717) is 24.5 Å². The molecule has 216 valence electrons. The maximum Gasteiger partial charge on any atom is 0.308 e. The van der Waals surface area contributed by atoms with E-state index in [1.54, 1.807) is 26.2 Å². The molecule has 0 fully saturated rings. The van der Waals surface area contributed by atoms with Crippen molar-refractivity contribution in [2.75, 3.05) is 20.3 Å². The number of amides is 1. The Hall–Kier alpha value is -4.40. The molecule has 1 atom stereocenters. The molecular weight excluding hydrogens is 520 g/mol. The molecule has 2 aromatic carbocycles. The van der Waals surface area contributed by atoms with Crippen molar-refractivity contribution < 1.29 is 23.8 Å². The fraction of sp³-hybridized carbons (Fsp3) is 0.375. The van der Waals surface area contributed by atoms with E-state index < -0.39 is 12.0 Å². The zero-order chi connectivity index (χ0) is 29.5. The number of ether oxygens (including phenoxy) is 3. The van der Waals surface area contributed by atoms with Crippen LogP contribution in [0.1, 0.15) is 60.8 Å². The molecular formula is C32H38N4O5. The number of hydrogen-bond acceptors (Lipinski definition) is 7. The SMILES string of the molecule is CCOC(=O)C[C@H](NC(=O)CCc1c(C)nc2c(c(C)nn2-c2ccccc2)c1C)c1ccc(OCC)c(OC)c1. The minimum Gasteiger partial charge on any atom is -0.493 e. The van der Waals surface area contributed by atoms with Crippen molar-refractivity contribution in [1.29, 1.82) is 0 Å². The van der Waals surface area contributed by atoms with Gasteiger partial charge < -0.3 is 19.5 Å². The van der Waals surface area contributed by atoms with Crippen LogP contribution in [0.4, 0.5) is 0 Å². The standard InChI is InChI=1S/C32H38N4O5/c1-7-40-27-16-14-23(18-28(27)39-6)26(19-30(38)41-8-2)34-29(37)17-15-25-20(3)31-22(5)35-36(32(31)33-21(25)4)24-12-10-9-11-13-24/h9-14,16,18,26H,7-8,15,17,19H2,1-6H3,(H,34,37)/t26-/m0/s1. The fourth-order valence-corrected chi connectivity index (χ4v) is 5.14. The number of fused-ring (bicyclic) bond motifs is 1. The number of nitrogens with zero attached hydrogens (tertiary/aromatic N) is 3. The molecule has 0 radical (unpaired) electrons. The maximum absolute atomic E-state index is 13.2. The third-order valence-corrected chi connectivity index (χ3v) is 7.08. The molecule has 0 aliphatic heterocycles. The Labute approximate surface area is 240 Å². The summed E-state index contributed by atoms with van der Waals surface area (Å²) in [6, 6.07) is 14.7. The Balaban J connectivity index is 1.56. The van der Waals surface area contributed by atoms with Crippen LogP contribution >= 0.6 is 0 Å². The van der Waals surface area contributed by atoms with Crippen molar-refractivity contribution in [2.45, 2.75) is 59.9 Å². The van der Waals surface area contributed by atoms with E-state index in [4.69, 9.17) is 24.3 Å². The predicted octanol–water partition coefficient (Wildman–Crippen LogP) is 5.50. The van der Waals surface area contributed by atoms with Crippen LogP contribution in [0.15, 0.2) is 48.5 Å².